The van der Waals surface area contributed by atoms with Crippen molar-refractivity contribution in [3.05, 3.63) is 29.8 Å². The van der Waals surface area contributed by atoms with E-state index in [9.17, 15) is 5.11 Å². The molecule has 0 bridgehead atoms. The first kappa shape index (κ1) is 14.7. The molecule has 0 spiro atoms. The van der Waals surface area contributed by atoms with Gasteiger partial charge >= 0.3 is 0 Å². The molecular formula is C12H20INO. The van der Waals surface area contributed by atoms with Crippen LogP contribution in [0.5, 0.6) is 5.75 Å². The number of nitrogens with zero attached hydrogens (tertiary/aromatic N) is 1. The first-order valence-electron chi connectivity index (χ1n) is 4.99. The number of benzene rings is 1. The van der Waals surface area contributed by atoms with E-state index in [-0.39, 0.29) is 0 Å². The van der Waals surface area contributed by atoms with Crippen molar-refractivity contribution in [1.82, 2.24) is 4.90 Å². The molecule has 1 atom stereocenters. The molecule has 3 heteroatoms. The van der Waals surface area contributed by atoms with Crippen molar-refractivity contribution in [2.75, 3.05) is 19.0 Å². The monoisotopic (exact) mass is 321 g/mol. The van der Waals surface area contributed by atoms with E-state index < -0.39 is 0 Å². The quantitative estimate of drug-likeness (QED) is 0.681. The lowest BCUT2D eigenvalue weighted by Gasteiger charge is -2.23. The molecule has 1 aromatic rings. The molecule has 1 N–H and O–H groups in total. The molecule has 1 aromatic carbocycles. The summed E-state index contributed by atoms with van der Waals surface area (Å²) >= 11 is 2.15. The van der Waals surface area contributed by atoms with Crippen LogP contribution in [0.25, 0.3) is 0 Å². The zero-order chi connectivity index (χ0) is 11.8. The van der Waals surface area contributed by atoms with Gasteiger partial charge in [-0.25, -0.2) is 0 Å². The molecular weight excluding hydrogens is 301 g/mol. The van der Waals surface area contributed by atoms with Gasteiger partial charge in [0.05, 0.1) is 0 Å². The van der Waals surface area contributed by atoms with Gasteiger partial charge in [0.1, 0.15) is 5.75 Å². The van der Waals surface area contributed by atoms with Crippen molar-refractivity contribution in [3.63, 3.8) is 0 Å². The first-order valence-corrected chi connectivity index (χ1v) is 7.14. The molecule has 0 amide bonds. The van der Waals surface area contributed by atoms with E-state index in [1.54, 1.807) is 6.07 Å². The summed E-state index contributed by atoms with van der Waals surface area (Å²) in [6.45, 7) is 2.12. The molecule has 0 heterocycles. The third-order valence-electron chi connectivity index (χ3n) is 2.31. The maximum atomic E-state index is 9.63. The number of phenolic OH excluding ortho intramolecular Hbond substituents is 1. The zero-order valence-electron chi connectivity index (χ0n) is 9.87. The number of phenols is 1. The summed E-state index contributed by atoms with van der Waals surface area (Å²) in [6.07, 6.45) is 1.00. The van der Waals surface area contributed by atoms with E-state index in [1.807, 2.05) is 37.2 Å². The standard InChI is InChI=1S/C11H17NO.CH3I/c1-4-10(12(2)3)9-7-5-6-8-11(9)13;1-2/h5-8,10,13H,4H2,1-3H3;1H3. The molecule has 1 rings (SSSR count). The van der Waals surface area contributed by atoms with Crippen LogP contribution in [-0.2, 0) is 0 Å². The minimum atomic E-state index is 0.307. The molecule has 0 aliphatic carbocycles. The van der Waals surface area contributed by atoms with Crippen LogP contribution < -0.4 is 0 Å². The van der Waals surface area contributed by atoms with Gasteiger partial charge in [-0.05, 0) is 31.5 Å². The number of alkyl halides is 1. The minimum Gasteiger partial charge on any atom is -0.508 e. The van der Waals surface area contributed by atoms with E-state index in [1.165, 1.54) is 0 Å². The van der Waals surface area contributed by atoms with Crippen LogP contribution in [0.3, 0.4) is 0 Å². The lowest BCUT2D eigenvalue weighted by Crippen LogP contribution is -2.19. The van der Waals surface area contributed by atoms with Crippen molar-refractivity contribution in [2.45, 2.75) is 19.4 Å². The van der Waals surface area contributed by atoms with Crippen molar-refractivity contribution in [1.29, 1.82) is 0 Å². The number of halogens is 1. The molecule has 0 aliphatic heterocycles. The second kappa shape index (κ2) is 7.93. The summed E-state index contributed by atoms with van der Waals surface area (Å²) < 4.78 is 0. The number of hydrogen-bond donors (Lipinski definition) is 1. The summed E-state index contributed by atoms with van der Waals surface area (Å²) in [5, 5.41) is 9.63. The Kier molecular flexibility index (Phi) is 7.78. The average molecular weight is 321 g/mol. The van der Waals surface area contributed by atoms with E-state index in [4.69, 9.17) is 0 Å². The Morgan fingerprint density at radius 3 is 2.20 bits per heavy atom. The second-order valence-corrected chi connectivity index (χ2v) is 3.45. The van der Waals surface area contributed by atoms with E-state index >= 15 is 0 Å². The van der Waals surface area contributed by atoms with Gasteiger partial charge in [0.2, 0.25) is 0 Å². The Morgan fingerprint density at radius 1 is 1.27 bits per heavy atom. The second-order valence-electron chi connectivity index (χ2n) is 3.45. The van der Waals surface area contributed by atoms with Gasteiger partial charge in [0.25, 0.3) is 0 Å². The van der Waals surface area contributed by atoms with E-state index in [0.29, 0.717) is 11.8 Å². The van der Waals surface area contributed by atoms with Crippen LogP contribution in [-0.4, -0.2) is 29.0 Å². The minimum absolute atomic E-state index is 0.307. The normalized spacial score (nSPS) is 11.9. The summed E-state index contributed by atoms with van der Waals surface area (Å²) in [6, 6.07) is 7.83. The van der Waals surface area contributed by atoms with E-state index in [2.05, 4.69) is 34.4 Å². The maximum absolute atomic E-state index is 9.63. The molecule has 0 aromatic heterocycles. The lowest BCUT2D eigenvalue weighted by molar-refractivity contribution is 0.284. The highest BCUT2D eigenvalue weighted by Gasteiger charge is 2.14. The lowest BCUT2D eigenvalue weighted by atomic mass is 10.0. The largest absolute Gasteiger partial charge is 0.508 e. The van der Waals surface area contributed by atoms with Crippen LogP contribution in [0.4, 0.5) is 0 Å². The number of hydrogen-bond acceptors (Lipinski definition) is 2. The summed E-state index contributed by atoms with van der Waals surface area (Å²) in [5.74, 6) is 0.392. The molecule has 0 fully saturated rings. The first-order chi connectivity index (χ1) is 7.16. The average Bonchev–Trinajstić information content (AvgIpc) is 2.24. The van der Waals surface area contributed by atoms with Crippen LogP contribution in [0.15, 0.2) is 24.3 Å². The Bertz CT molecular complexity index is 276. The van der Waals surface area contributed by atoms with Crippen LogP contribution in [0.1, 0.15) is 24.9 Å². The Balaban J connectivity index is 0.000000921. The summed E-state index contributed by atoms with van der Waals surface area (Å²) in [7, 11) is 4.06. The van der Waals surface area contributed by atoms with Gasteiger partial charge in [-0.2, -0.15) is 0 Å². The van der Waals surface area contributed by atoms with Gasteiger partial charge in [-0.15, -0.1) is 0 Å². The molecule has 0 radical (unpaired) electrons. The van der Waals surface area contributed by atoms with Crippen molar-refractivity contribution in [3.8, 4) is 5.75 Å². The van der Waals surface area contributed by atoms with Crippen LogP contribution >= 0.6 is 22.6 Å². The predicted octanol–water partition coefficient (Wildman–Crippen LogP) is 3.46. The Labute approximate surface area is 106 Å². The summed E-state index contributed by atoms with van der Waals surface area (Å²) in [4.78, 5) is 4.09. The maximum Gasteiger partial charge on any atom is 0.120 e. The third-order valence-corrected chi connectivity index (χ3v) is 2.31. The highest BCUT2D eigenvalue weighted by atomic mass is 127. The molecule has 0 saturated carbocycles. The highest BCUT2D eigenvalue weighted by Crippen LogP contribution is 2.28. The van der Waals surface area contributed by atoms with Crippen LogP contribution in [0.2, 0.25) is 0 Å². The highest BCUT2D eigenvalue weighted by molar-refractivity contribution is 14.1. The van der Waals surface area contributed by atoms with Crippen molar-refractivity contribution >= 4 is 22.6 Å². The smallest absolute Gasteiger partial charge is 0.120 e. The SMILES string of the molecule is CCC(c1ccccc1O)N(C)C.CI. The van der Waals surface area contributed by atoms with Gasteiger partial charge in [0.15, 0.2) is 0 Å². The third kappa shape index (κ3) is 4.38. The molecule has 86 valence electrons. The van der Waals surface area contributed by atoms with Gasteiger partial charge in [-0.3, -0.25) is 0 Å². The summed E-state index contributed by atoms with van der Waals surface area (Å²) in [5.41, 5.74) is 1.01. The molecule has 2 nitrogen and oxygen atoms in total. The number of aromatic hydroxyl groups is 1. The fourth-order valence-electron chi connectivity index (χ4n) is 1.63. The van der Waals surface area contributed by atoms with Gasteiger partial charge in [0, 0.05) is 11.6 Å². The van der Waals surface area contributed by atoms with Gasteiger partial charge < -0.3 is 10.0 Å². The topological polar surface area (TPSA) is 23.5 Å². The molecule has 0 saturated heterocycles. The van der Waals surface area contributed by atoms with Crippen molar-refractivity contribution in [2.24, 2.45) is 0 Å². The molecule has 1 unspecified atom stereocenters. The number of rotatable bonds is 3. The van der Waals surface area contributed by atoms with Gasteiger partial charge in [-0.1, -0.05) is 47.7 Å². The zero-order valence-corrected chi connectivity index (χ0v) is 12.0. The molecule has 15 heavy (non-hydrogen) atoms. The Morgan fingerprint density at radius 2 is 1.80 bits per heavy atom. The van der Waals surface area contributed by atoms with Crippen LogP contribution in [0, 0.1) is 0 Å². The van der Waals surface area contributed by atoms with E-state index in [0.717, 1.165) is 12.0 Å². The predicted molar refractivity (Wildman–Crippen MR) is 74.8 cm³/mol. The van der Waals surface area contributed by atoms with Crippen molar-refractivity contribution < 1.29 is 5.11 Å². The fourth-order valence-corrected chi connectivity index (χ4v) is 1.63. The Hall–Kier alpha value is -0.290. The molecule has 0 aliphatic rings. The number of para-hydroxylation sites is 1. The fraction of sp³-hybridized carbons (Fsp3) is 0.500.